The van der Waals surface area contributed by atoms with Crippen molar-refractivity contribution in [2.75, 3.05) is 0 Å². The van der Waals surface area contributed by atoms with Crippen molar-refractivity contribution in [2.45, 2.75) is 6.18 Å². The van der Waals surface area contributed by atoms with E-state index in [4.69, 9.17) is 11.6 Å². The summed E-state index contributed by atoms with van der Waals surface area (Å²) in [7, 11) is 0. The van der Waals surface area contributed by atoms with Gasteiger partial charge in [-0.25, -0.2) is 0 Å². The Morgan fingerprint density at radius 1 is 1.35 bits per heavy atom. The molecular weight excluding hydrogens is 305 g/mol. The molecule has 2 N–H and O–H groups in total. The number of aromatic amines is 1. The Morgan fingerprint density at radius 2 is 1.95 bits per heavy atom. The largest absolute Gasteiger partial charge is 0.501 e. The average molecular weight is 309 g/mol. The Balaban J connectivity index is 2.91. The van der Waals surface area contributed by atoms with Gasteiger partial charge < -0.3 is 10.1 Å². The van der Waals surface area contributed by atoms with Gasteiger partial charge in [-0.05, 0) is 12.1 Å². The second kappa shape index (κ2) is 4.37. The second-order valence-corrected chi connectivity index (χ2v) is 4.19. The number of hydrogen-bond acceptors (Lipinski definition) is 4. The van der Waals surface area contributed by atoms with Crippen LogP contribution < -0.4 is 5.56 Å². The number of hydrogen-bond donors (Lipinski definition) is 2. The van der Waals surface area contributed by atoms with Gasteiger partial charge in [0.05, 0.1) is 21.0 Å². The molecule has 0 amide bonds. The summed E-state index contributed by atoms with van der Waals surface area (Å²) in [6.07, 6.45) is -4.76. The molecule has 0 atom stereocenters. The van der Waals surface area contributed by atoms with Crippen LogP contribution in [0.3, 0.4) is 0 Å². The van der Waals surface area contributed by atoms with Crippen LogP contribution in [0.2, 0.25) is 5.02 Å². The predicted octanol–water partition coefficient (Wildman–Crippen LogP) is 2.81. The molecule has 0 aliphatic carbocycles. The van der Waals surface area contributed by atoms with Gasteiger partial charge in [-0.2, -0.15) is 13.2 Å². The summed E-state index contributed by atoms with van der Waals surface area (Å²) in [5.41, 5.74) is -4.10. The summed E-state index contributed by atoms with van der Waals surface area (Å²) in [6, 6.07) is 1.21. The second-order valence-electron chi connectivity index (χ2n) is 3.78. The molecule has 0 saturated carbocycles. The van der Waals surface area contributed by atoms with E-state index < -0.39 is 44.2 Å². The lowest BCUT2D eigenvalue weighted by molar-refractivity contribution is -0.387. The number of nitrogens with zero attached hydrogens (tertiary/aromatic N) is 1. The Kier molecular flexibility index (Phi) is 3.09. The van der Waals surface area contributed by atoms with Crippen LogP contribution >= 0.6 is 11.6 Å². The van der Waals surface area contributed by atoms with Crippen LogP contribution in [0.15, 0.2) is 16.9 Å². The van der Waals surface area contributed by atoms with E-state index in [1.54, 1.807) is 0 Å². The minimum Gasteiger partial charge on any atom is -0.501 e. The molecule has 2 aromatic rings. The number of nitro groups is 1. The van der Waals surface area contributed by atoms with Crippen LogP contribution in [-0.2, 0) is 6.18 Å². The molecule has 0 spiro atoms. The lowest BCUT2D eigenvalue weighted by Crippen LogP contribution is -2.13. The lowest BCUT2D eigenvalue weighted by Gasteiger charge is -2.10. The normalized spacial score (nSPS) is 11.8. The van der Waals surface area contributed by atoms with Gasteiger partial charge in [0.15, 0.2) is 0 Å². The topological polar surface area (TPSA) is 96.2 Å². The quantitative estimate of drug-likeness (QED) is 0.625. The molecule has 20 heavy (non-hydrogen) atoms. The van der Waals surface area contributed by atoms with Crippen molar-refractivity contribution in [3.05, 3.63) is 43.2 Å². The van der Waals surface area contributed by atoms with Gasteiger partial charge in [0, 0.05) is 5.39 Å². The summed E-state index contributed by atoms with van der Waals surface area (Å²) in [4.78, 5) is 22.7. The number of alkyl halides is 3. The lowest BCUT2D eigenvalue weighted by atomic mass is 10.1. The van der Waals surface area contributed by atoms with Gasteiger partial charge in [0.1, 0.15) is 0 Å². The maximum atomic E-state index is 12.6. The SMILES string of the molecule is O=c1[nH]c2cc(C(F)(F)F)c(Cl)cc2c(O)c1[N+](=O)[O-]. The molecule has 10 heteroatoms. The number of halogens is 4. The van der Waals surface area contributed by atoms with Crippen LogP contribution in [0.25, 0.3) is 10.9 Å². The summed E-state index contributed by atoms with van der Waals surface area (Å²) in [5, 5.41) is 19.1. The molecule has 1 aromatic carbocycles. The number of aromatic nitrogens is 1. The van der Waals surface area contributed by atoms with Crippen LogP contribution in [0.1, 0.15) is 5.56 Å². The fourth-order valence-corrected chi connectivity index (χ4v) is 1.95. The van der Waals surface area contributed by atoms with Gasteiger partial charge in [-0.15, -0.1) is 0 Å². The van der Waals surface area contributed by atoms with E-state index in [1.165, 1.54) is 0 Å². The van der Waals surface area contributed by atoms with E-state index in [2.05, 4.69) is 0 Å². The first-order chi connectivity index (χ1) is 9.12. The van der Waals surface area contributed by atoms with Crippen molar-refractivity contribution in [1.29, 1.82) is 0 Å². The first kappa shape index (κ1) is 14.1. The van der Waals surface area contributed by atoms with Crippen molar-refractivity contribution in [3.8, 4) is 5.75 Å². The zero-order valence-corrected chi connectivity index (χ0v) is 10.0. The summed E-state index contributed by atoms with van der Waals surface area (Å²) < 4.78 is 37.9. The van der Waals surface area contributed by atoms with Gasteiger partial charge in [0.2, 0.25) is 5.75 Å². The van der Waals surface area contributed by atoms with E-state index in [1.807, 2.05) is 4.98 Å². The first-order valence-corrected chi connectivity index (χ1v) is 5.31. The highest BCUT2D eigenvalue weighted by Crippen LogP contribution is 2.39. The third-order valence-electron chi connectivity index (χ3n) is 2.54. The van der Waals surface area contributed by atoms with Gasteiger partial charge >= 0.3 is 17.4 Å². The van der Waals surface area contributed by atoms with E-state index in [9.17, 15) is 33.2 Å². The molecular formula is C10H4ClF3N2O4. The minimum absolute atomic E-state index is 0.352. The Hall–Kier alpha value is -2.29. The number of fused-ring (bicyclic) bond motifs is 1. The fraction of sp³-hybridized carbons (Fsp3) is 0.100. The summed E-state index contributed by atoms with van der Waals surface area (Å²) in [5.74, 6) is -1.04. The van der Waals surface area contributed by atoms with Crippen LogP contribution in [0.4, 0.5) is 18.9 Å². The molecule has 6 nitrogen and oxygen atoms in total. The number of pyridine rings is 1. The molecule has 0 radical (unpaired) electrons. The number of benzene rings is 1. The molecule has 1 aromatic heterocycles. The summed E-state index contributed by atoms with van der Waals surface area (Å²) in [6.45, 7) is 0. The van der Waals surface area contributed by atoms with Crippen molar-refractivity contribution < 1.29 is 23.2 Å². The number of H-pyrrole nitrogens is 1. The number of nitrogens with one attached hydrogen (secondary N) is 1. The van der Waals surface area contributed by atoms with E-state index in [-0.39, 0.29) is 5.39 Å². The highest BCUT2D eigenvalue weighted by Gasteiger charge is 2.34. The maximum Gasteiger partial charge on any atom is 0.417 e. The molecule has 0 fully saturated rings. The van der Waals surface area contributed by atoms with Gasteiger partial charge in [0.25, 0.3) is 0 Å². The Labute approximate surface area is 112 Å². The van der Waals surface area contributed by atoms with Crippen LogP contribution in [0.5, 0.6) is 5.75 Å². The number of rotatable bonds is 1. The molecule has 0 unspecified atom stereocenters. The zero-order chi connectivity index (χ0) is 15.2. The van der Waals surface area contributed by atoms with Crippen molar-refractivity contribution in [2.24, 2.45) is 0 Å². The fourth-order valence-electron chi connectivity index (χ4n) is 1.68. The maximum absolute atomic E-state index is 12.6. The third kappa shape index (κ3) is 2.16. The van der Waals surface area contributed by atoms with Crippen LogP contribution in [-0.4, -0.2) is 15.0 Å². The molecule has 0 bridgehead atoms. The van der Waals surface area contributed by atoms with Crippen molar-refractivity contribution >= 4 is 28.2 Å². The molecule has 1 heterocycles. The van der Waals surface area contributed by atoms with Crippen molar-refractivity contribution in [3.63, 3.8) is 0 Å². The molecule has 0 saturated heterocycles. The Bertz CT molecular complexity index is 785. The standard InChI is InChI=1S/C10H4ClF3N2O4/c11-5-1-3-6(2-4(5)10(12,13)14)15-9(18)7(8(3)17)16(19)20/h1-2H,(H2,15,17,18). The van der Waals surface area contributed by atoms with Crippen LogP contribution in [0, 0.1) is 10.1 Å². The molecule has 0 aliphatic rings. The smallest absolute Gasteiger partial charge is 0.417 e. The molecule has 0 aliphatic heterocycles. The summed E-state index contributed by atoms with van der Waals surface area (Å²) >= 11 is 5.44. The number of aromatic hydroxyl groups is 1. The molecule has 106 valence electrons. The predicted molar refractivity (Wildman–Crippen MR) is 62.9 cm³/mol. The average Bonchev–Trinajstić information content (AvgIpc) is 2.27. The van der Waals surface area contributed by atoms with E-state index >= 15 is 0 Å². The minimum atomic E-state index is -4.76. The van der Waals surface area contributed by atoms with E-state index in [0.29, 0.717) is 12.1 Å². The monoisotopic (exact) mass is 308 g/mol. The van der Waals surface area contributed by atoms with Gasteiger partial charge in [-0.3, -0.25) is 14.9 Å². The zero-order valence-electron chi connectivity index (χ0n) is 9.29. The molecule has 2 rings (SSSR count). The van der Waals surface area contributed by atoms with E-state index in [0.717, 1.165) is 0 Å². The highest BCUT2D eigenvalue weighted by atomic mass is 35.5. The first-order valence-electron chi connectivity index (χ1n) is 4.93. The highest BCUT2D eigenvalue weighted by molar-refractivity contribution is 6.32. The van der Waals surface area contributed by atoms with Gasteiger partial charge in [-0.1, -0.05) is 11.6 Å². The third-order valence-corrected chi connectivity index (χ3v) is 2.85. The Morgan fingerprint density at radius 3 is 2.45 bits per heavy atom. The van der Waals surface area contributed by atoms with Crippen molar-refractivity contribution in [1.82, 2.24) is 4.98 Å².